The van der Waals surface area contributed by atoms with Crippen molar-refractivity contribution < 1.29 is 14.4 Å². The third kappa shape index (κ3) is 4.72. The Labute approximate surface area is 106 Å². The van der Waals surface area contributed by atoms with Crippen LogP contribution in [0.1, 0.15) is 13.3 Å². The quantitative estimate of drug-likeness (QED) is 0.389. The van der Waals surface area contributed by atoms with E-state index >= 15 is 0 Å². The van der Waals surface area contributed by atoms with E-state index in [0.717, 1.165) is 0 Å². The Morgan fingerprint density at radius 2 is 2.39 bits per heavy atom. The fraction of sp³-hybridized carbons (Fsp3) is 0.636. The van der Waals surface area contributed by atoms with Crippen molar-refractivity contribution in [2.75, 3.05) is 26.2 Å². The highest BCUT2D eigenvalue weighted by molar-refractivity contribution is 5.88. The van der Waals surface area contributed by atoms with E-state index < -0.39 is 6.04 Å². The van der Waals surface area contributed by atoms with Crippen LogP contribution in [0, 0.1) is 0 Å². The van der Waals surface area contributed by atoms with Crippen molar-refractivity contribution >= 4 is 11.8 Å². The molecule has 18 heavy (non-hydrogen) atoms. The molecule has 0 aromatic rings. The molecule has 0 aromatic carbocycles. The highest BCUT2D eigenvalue weighted by Crippen LogP contribution is 2.07. The Balaban J connectivity index is 2.11. The summed E-state index contributed by atoms with van der Waals surface area (Å²) >= 11 is 0. The van der Waals surface area contributed by atoms with Gasteiger partial charge in [0.15, 0.2) is 0 Å². The molecule has 1 heterocycles. The number of allylic oxidation sites excluding steroid dienone is 1. The molecule has 0 spiro atoms. The second kappa shape index (κ2) is 6.97. The van der Waals surface area contributed by atoms with Gasteiger partial charge in [-0.3, -0.25) is 19.9 Å². The first-order valence-electron chi connectivity index (χ1n) is 5.85. The van der Waals surface area contributed by atoms with Gasteiger partial charge in [-0.15, -0.1) is 0 Å². The lowest BCUT2D eigenvalue weighted by Crippen LogP contribution is -2.41. The molecule has 102 valence electrons. The maximum absolute atomic E-state index is 11.5. The largest absolute Gasteiger partial charge is 0.352 e. The van der Waals surface area contributed by atoms with E-state index in [4.69, 9.17) is 10.6 Å². The standard InChI is InChI=1S/C11H20N4O3/c1-8(2)14-18-6-4-13-10(16)7-15-5-3-9(12)11(15)17/h9,14H,1,3-7,12H2,2H3,(H,13,16). The minimum absolute atomic E-state index is 0.0560. The van der Waals surface area contributed by atoms with Gasteiger partial charge in [0.1, 0.15) is 0 Å². The lowest BCUT2D eigenvalue weighted by molar-refractivity contribution is -0.133. The Morgan fingerprint density at radius 1 is 1.67 bits per heavy atom. The van der Waals surface area contributed by atoms with Crippen LogP contribution in [0.5, 0.6) is 0 Å². The topological polar surface area (TPSA) is 96.7 Å². The first kappa shape index (κ1) is 14.5. The molecule has 7 heteroatoms. The van der Waals surface area contributed by atoms with Crippen LogP contribution in [0.25, 0.3) is 0 Å². The molecule has 0 saturated carbocycles. The van der Waals surface area contributed by atoms with E-state index in [-0.39, 0.29) is 18.4 Å². The highest BCUT2D eigenvalue weighted by atomic mass is 16.6. The van der Waals surface area contributed by atoms with Crippen LogP contribution in [0.15, 0.2) is 12.3 Å². The predicted octanol–water partition coefficient (Wildman–Crippen LogP) is -1.28. The first-order valence-corrected chi connectivity index (χ1v) is 5.85. The van der Waals surface area contributed by atoms with Crippen LogP contribution < -0.4 is 16.5 Å². The second-order valence-electron chi connectivity index (χ2n) is 4.24. The summed E-state index contributed by atoms with van der Waals surface area (Å²) in [7, 11) is 0. The number of nitrogens with two attached hydrogens (primary N) is 1. The number of hydrogen-bond donors (Lipinski definition) is 3. The minimum Gasteiger partial charge on any atom is -0.352 e. The molecule has 1 aliphatic heterocycles. The summed E-state index contributed by atoms with van der Waals surface area (Å²) in [5, 5.41) is 2.65. The van der Waals surface area contributed by atoms with Gasteiger partial charge in [0.05, 0.1) is 19.2 Å². The van der Waals surface area contributed by atoms with E-state index in [1.165, 1.54) is 4.90 Å². The Bertz CT molecular complexity index is 332. The van der Waals surface area contributed by atoms with E-state index in [1.807, 2.05) is 0 Å². The molecule has 1 aliphatic rings. The van der Waals surface area contributed by atoms with Crippen molar-refractivity contribution in [2.24, 2.45) is 5.73 Å². The fourth-order valence-corrected chi connectivity index (χ4v) is 1.57. The van der Waals surface area contributed by atoms with Gasteiger partial charge in [-0.2, -0.15) is 0 Å². The van der Waals surface area contributed by atoms with Crippen LogP contribution >= 0.6 is 0 Å². The Morgan fingerprint density at radius 3 is 2.94 bits per heavy atom. The highest BCUT2D eigenvalue weighted by Gasteiger charge is 2.29. The van der Waals surface area contributed by atoms with Crippen LogP contribution in [-0.4, -0.2) is 49.0 Å². The molecule has 1 fully saturated rings. The van der Waals surface area contributed by atoms with E-state index in [2.05, 4.69) is 17.4 Å². The molecule has 2 amide bonds. The van der Waals surface area contributed by atoms with Crippen molar-refractivity contribution in [2.45, 2.75) is 19.4 Å². The number of hydroxylamine groups is 1. The van der Waals surface area contributed by atoms with Crippen molar-refractivity contribution in [3.05, 3.63) is 12.3 Å². The minimum atomic E-state index is -0.458. The van der Waals surface area contributed by atoms with Crippen LogP contribution in [0.3, 0.4) is 0 Å². The summed E-state index contributed by atoms with van der Waals surface area (Å²) in [5.74, 6) is -0.373. The Kier molecular flexibility index (Phi) is 5.60. The number of carbonyl (C=O) groups is 2. The normalized spacial score (nSPS) is 18.9. The lowest BCUT2D eigenvalue weighted by Gasteiger charge is -2.15. The third-order valence-electron chi connectivity index (χ3n) is 2.45. The molecule has 0 radical (unpaired) electrons. The molecule has 4 N–H and O–H groups in total. The number of rotatable bonds is 7. The van der Waals surface area contributed by atoms with Gasteiger partial charge in [0, 0.05) is 18.8 Å². The smallest absolute Gasteiger partial charge is 0.240 e. The number of amides is 2. The second-order valence-corrected chi connectivity index (χ2v) is 4.24. The summed E-state index contributed by atoms with van der Waals surface area (Å²) < 4.78 is 0. The monoisotopic (exact) mass is 256 g/mol. The Hall–Kier alpha value is -1.60. The van der Waals surface area contributed by atoms with Gasteiger partial charge >= 0.3 is 0 Å². The fourth-order valence-electron chi connectivity index (χ4n) is 1.57. The van der Waals surface area contributed by atoms with Gasteiger partial charge in [-0.05, 0) is 13.3 Å². The van der Waals surface area contributed by atoms with E-state index in [0.29, 0.717) is 31.8 Å². The zero-order valence-electron chi connectivity index (χ0n) is 10.6. The van der Waals surface area contributed by atoms with Crippen LogP contribution in [-0.2, 0) is 14.4 Å². The van der Waals surface area contributed by atoms with Gasteiger partial charge < -0.3 is 16.0 Å². The zero-order chi connectivity index (χ0) is 13.5. The van der Waals surface area contributed by atoms with Crippen LogP contribution in [0.4, 0.5) is 0 Å². The maximum atomic E-state index is 11.5. The molecule has 7 nitrogen and oxygen atoms in total. The average Bonchev–Trinajstić information content (AvgIpc) is 2.60. The molecule has 0 bridgehead atoms. The summed E-state index contributed by atoms with van der Waals surface area (Å²) in [6.45, 7) is 6.65. The summed E-state index contributed by atoms with van der Waals surface area (Å²) in [6, 6.07) is -0.458. The number of hydrogen-bond acceptors (Lipinski definition) is 5. The summed E-state index contributed by atoms with van der Waals surface area (Å²) in [5.41, 5.74) is 8.82. The van der Waals surface area contributed by atoms with Gasteiger partial charge in [0.2, 0.25) is 11.8 Å². The molecular formula is C11H20N4O3. The first-order chi connectivity index (χ1) is 8.50. The predicted molar refractivity (Wildman–Crippen MR) is 66.1 cm³/mol. The van der Waals surface area contributed by atoms with E-state index in [9.17, 15) is 9.59 Å². The van der Waals surface area contributed by atoms with Gasteiger partial charge in [-0.25, -0.2) is 0 Å². The number of nitrogens with one attached hydrogen (secondary N) is 2. The van der Waals surface area contributed by atoms with Crippen molar-refractivity contribution in [3.8, 4) is 0 Å². The van der Waals surface area contributed by atoms with Gasteiger partial charge in [-0.1, -0.05) is 6.58 Å². The maximum Gasteiger partial charge on any atom is 0.240 e. The van der Waals surface area contributed by atoms with E-state index in [1.54, 1.807) is 6.92 Å². The molecule has 1 unspecified atom stereocenters. The van der Waals surface area contributed by atoms with Crippen molar-refractivity contribution in [1.29, 1.82) is 0 Å². The molecular weight excluding hydrogens is 236 g/mol. The third-order valence-corrected chi connectivity index (χ3v) is 2.45. The number of carbonyl (C=O) groups excluding carboxylic acids is 2. The van der Waals surface area contributed by atoms with Gasteiger partial charge in [0.25, 0.3) is 0 Å². The zero-order valence-corrected chi connectivity index (χ0v) is 10.6. The summed E-state index contributed by atoms with van der Waals surface area (Å²) in [4.78, 5) is 29.4. The van der Waals surface area contributed by atoms with Crippen molar-refractivity contribution in [3.63, 3.8) is 0 Å². The lowest BCUT2D eigenvalue weighted by atomic mass is 10.3. The molecule has 1 rings (SSSR count). The molecule has 0 aromatic heterocycles. The SMILES string of the molecule is C=C(C)NOCCNC(=O)CN1CCC(N)C1=O. The molecule has 1 saturated heterocycles. The summed E-state index contributed by atoms with van der Waals surface area (Å²) in [6.07, 6.45) is 0.609. The average molecular weight is 256 g/mol. The molecule has 0 aliphatic carbocycles. The van der Waals surface area contributed by atoms with Crippen LogP contribution in [0.2, 0.25) is 0 Å². The number of likely N-dealkylation sites (tertiary alicyclic amines) is 1. The number of nitrogens with zero attached hydrogens (tertiary/aromatic N) is 1. The van der Waals surface area contributed by atoms with Crippen molar-refractivity contribution in [1.82, 2.24) is 15.7 Å². The molecule has 1 atom stereocenters.